The Morgan fingerprint density at radius 2 is 2.00 bits per heavy atom. The van der Waals surface area contributed by atoms with Gasteiger partial charge in [0.1, 0.15) is 5.54 Å². The summed E-state index contributed by atoms with van der Waals surface area (Å²) in [5, 5.41) is 16.7. The third kappa shape index (κ3) is 3.77. The lowest BCUT2D eigenvalue weighted by Gasteiger charge is -2.33. The van der Waals surface area contributed by atoms with Gasteiger partial charge in [-0.3, -0.25) is 9.48 Å². The van der Waals surface area contributed by atoms with E-state index in [9.17, 15) is 14.7 Å². The third-order valence-electron chi connectivity index (χ3n) is 4.73. The zero-order valence-corrected chi connectivity index (χ0v) is 15.0. The molecule has 0 bridgehead atoms. The van der Waals surface area contributed by atoms with Crippen molar-refractivity contribution in [2.75, 3.05) is 13.2 Å². The van der Waals surface area contributed by atoms with Crippen LogP contribution in [0.5, 0.6) is 0 Å². The lowest BCUT2D eigenvalue weighted by molar-refractivity contribution is -0.148. The van der Waals surface area contributed by atoms with Crippen LogP contribution in [0.1, 0.15) is 40.2 Å². The molecule has 1 aromatic heterocycles. The number of aliphatic carboxylic acids is 1. The number of carbonyl (C=O) groups is 2. The van der Waals surface area contributed by atoms with Gasteiger partial charge >= 0.3 is 5.97 Å². The number of carboxylic acids is 1. The Balaban J connectivity index is 1.77. The van der Waals surface area contributed by atoms with E-state index in [1.54, 1.807) is 18.2 Å². The third-order valence-corrected chi connectivity index (χ3v) is 4.73. The average Bonchev–Trinajstić information content (AvgIpc) is 2.93. The van der Waals surface area contributed by atoms with Crippen LogP contribution < -0.4 is 5.32 Å². The molecule has 2 heterocycles. The van der Waals surface area contributed by atoms with Crippen molar-refractivity contribution in [2.45, 2.75) is 38.8 Å². The van der Waals surface area contributed by atoms with Crippen LogP contribution in [-0.4, -0.2) is 45.5 Å². The average molecular weight is 357 g/mol. The standard InChI is InChI=1S/C19H23N3O4/c1-13-10-14(2)22(21-13)12-15-4-3-5-16(11-15)17(23)20-19(18(24)25)6-8-26-9-7-19/h3-5,10-11H,6-9,12H2,1-2H3,(H,20,23)(H,24,25). The van der Waals surface area contributed by atoms with Gasteiger partial charge in [0.25, 0.3) is 5.91 Å². The number of nitrogens with one attached hydrogen (secondary N) is 1. The zero-order valence-electron chi connectivity index (χ0n) is 15.0. The maximum absolute atomic E-state index is 12.7. The normalized spacial score (nSPS) is 16.2. The Morgan fingerprint density at radius 3 is 2.62 bits per heavy atom. The molecule has 1 saturated heterocycles. The highest BCUT2D eigenvalue weighted by atomic mass is 16.5. The summed E-state index contributed by atoms with van der Waals surface area (Å²) in [6.45, 7) is 5.12. The predicted octanol–water partition coefficient (Wildman–Crippen LogP) is 1.91. The van der Waals surface area contributed by atoms with Crippen LogP contribution in [0.4, 0.5) is 0 Å². The lowest BCUT2D eigenvalue weighted by Crippen LogP contribution is -2.57. The minimum atomic E-state index is -1.26. The quantitative estimate of drug-likeness (QED) is 0.853. The molecule has 3 rings (SSSR count). The van der Waals surface area contributed by atoms with Crippen LogP contribution in [0.25, 0.3) is 0 Å². The topological polar surface area (TPSA) is 93.5 Å². The van der Waals surface area contributed by atoms with Gasteiger partial charge in [-0.05, 0) is 37.6 Å². The highest BCUT2D eigenvalue weighted by Crippen LogP contribution is 2.22. The molecule has 0 saturated carbocycles. The zero-order chi connectivity index (χ0) is 18.7. The second-order valence-corrected chi connectivity index (χ2v) is 6.74. The fourth-order valence-corrected chi connectivity index (χ4v) is 3.22. The van der Waals surface area contributed by atoms with Crippen LogP contribution in [0, 0.1) is 13.8 Å². The number of carbonyl (C=O) groups excluding carboxylic acids is 1. The number of ether oxygens (including phenoxy) is 1. The minimum Gasteiger partial charge on any atom is -0.480 e. The number of amides is 1. The minimum absolute atomic E-state index is 0.263. The molecule has 0 spiro atoms. The van der Waals surface area contributed by atoms with Crippen LogP contribution in [0.3, 0.4) is 0 Å². The molecular formula is C19H23N3O4. The molecule has 0 aliphatic carbocycles. The maximum atomic E-state index is 12.7. The van der Waals surface area contributed by atoms with E-state index in [-0.39, 0.29) is 18.7 Å². The van der Waals surface area contributed by atoms with Crippen molar-refractivity contribution in [3.05, 3.63) is 52.8 Å². The van der Waals surface area contributed by atoms with Crippen LogP contribution >= 0.6 is 0 Å². The van der Waals surface area contributed by atoms with Gasteiger partial charge in [0.05, 0.1) is 12.2 Å². The number of aryl methyl sites for hydroxylation is 2. The summed E-state index contributed by atoms with van der Waals surface area (Å²) in [4.78, 5) is 24.4. The van der Waals surface area contributed by atoms with E-state index in [1.165, 1.54) is 0 Å². The number of benzene rings is 1. The molecule has 2 aromatic rings. The molecule has 138 valence electrons. The highest BCUT2D eigenvalue weighted by Gasteiger charge is 2.41. The summed E-state index contributed by atoms with van der Waals surface area (Å²) >= 11 is 0. The molecule has 26 heavy (non-hydrogen) atoms. The van der Waals surface area contributed by atoms with Crippen molar-refractivity contribution in [1.29, 1.82) is 0 Å². The number of aromatic nitrogens is 2. The van der Waals surface area contributed by atoms with Gasteiger partial charge in [0.2, 0.25) is 0 Å². The van der Waals surface area contributed by atoms with Crippen molar-refractivity contribution in [1.82, 2.24) is 15.1 Å². The summed E-state index contributed by atoms with van der Waals surface area (Å²) in [6.07, 6.45) is 0.527. The number of hydrogen-bond acceptors (Lipinski definition) is 4. The van der Waals surface area contributed by atoms with Gasteiger partial charge in [-0.1, -0.05) is 12.1 Å². The van der Waals surface area contributed by atoms with Gasteiger partial charge in [-0.15, -0.1) is 0 Å². The Kier molecular flexibility index (Phi) is 5.08. The first-order chi connectivity index (χ1) is 12.4. The van der Waals surface area contributed by atoms with Crippen molar-refractivity contribution in [3.63, 3.8) is 0 Å². The van der Waals surface area contributed by atoms with Crippen molar-refractivity contribution >= 4 is 11.9 Å². The van der Waals surface area contributed by atoms with Gasteiger partial charge in [0, 0.05) is 37.3 Å². The Labute approximate surface area is 152 Å². The molecule has 1 fully saturated rings. The van der Waals surface area contributed by atoms with Crippen LogP contribution in [0.2, 0.25) is 0 Å². The monoisotopic (exact) mass is 357 g/mol. The van der Waals surface area contributed by atoms with E-state index < -0.39 is 11.5 Å². The van der Waals surface area contributed by atoms with Crippen molar-refractivity contribution < 1.29 is 19.4 Å². The molecule has 0 radical (unpaired) electrons. The number of nitrogens with zero attached hydrogens (tertiary/aromatic N) is 2. The Bertz CT molecular complexity index is 822. The van der Waals surface area contributed by atoms with Gasteiger partial charge < -0.3 is 15.2 Å². The smallest absolute Gasteiger partial charge is 0.329 e. The maximum Gasteiger partial charge on any atom is 0.329 e. The van der Waals surface area contributed by atoms with Crippen molar-refractivity contribution in [3.8, 4) is 0 Å². The second kappa shape index (κ2) is 7.29. The second-order valence-electron chi connectivity index (χ2n) is 6.74. The van der Waals surface area contributed by atoms with E-state index in [1.807, 2.05) is 30.7 Å². The number of carboxylic acid groups (broad SMARTS) is 1. The van der Waals surface area contributed by atoms with Crippen molar-refractivity contribution in [2.24, 2.45) is 0 Å². The molecular weight excluding hydrogens is 334 g/mol. The first-order valence-electron chi connectivity index (χ1n) is 8.63. The molecule has 1 amide bonds. The fraction of sp³-hybridized carbons (Fsp3) is 0.421. The van der Waals surface area contributed by atoms with Gasteiger partial charge in [-0.25, -0.2) is 4.79 Å². The summed E-state index contributed by atoms with van der Waals surface area (Å²) < 4.78 is 7.12. The molecule has 7 nitrogen and oxygen atoms in total. The molecule has 1 aromatic carbocycles. The first-order valence-corrected chi connectivity index (χ1v) is 8.63. The summed E-state index contributed by atoms with van der Waals surface area (Å²) in [7, 11) is 0. The summed E-state index contributed by atoms with van der Waals surface area (Å²) in [5.41, 5.74) is 2.10. The molecule has 0 atom stereocenters. The highest BCUT2D eigenvalue weighted by molar-refractivity contribution is 5.98. The van der Waals surface area contributed by atoms with E-state index >= 15 is 0 Å². The van der Waals surface area contributed by atoms with E-state index in [0.717, 1.165) is 17.0 Å². The van der Waals surface area contributed by atoms with E-state index in [0.29, 0.717) is 25.3 Å². The van der Waals surface area contributed by atoms with Gasteiger partial charge in [0.15, 0.2) is 0 Å². The Morgan fingerprint density at radius 1 is 1.27 bits per heavy atom. The van der Waals surface area contributed by atoms with Crippen LogP contribution in [-0.2, 0) is 16.1 Å². The first kappa shape index (κ1) is 18.1. The fourth-order valence-electron chi connectivity index (χ4n) is 3.22. The Hall–Kier alpha value is -2.67. The molecule has 0 unspecified atom stereocenters. The number of rotatable bonds is 5. The van der Waals surface area contributed by atoms with Crippen LogP contribution in [0.15, 0.2) is 30.3 Å². The molecule has 2 N–H and O–H groups in total. The SMILES string of the molecule is Cc1cc(C)n(Cc2cccc(C(=O)NC3(C(=O)O)CCOCC3)c2)n1. The summed E-state index contributed by atoms with van der Waals surface area (Å²) in [6, 6.07) is 9.19. The predicted molar refractivity (Wildman–Crippen MR) is 95.1 cm³/mol. The van der Waals surface area contributed by atoms with E-state index in [2.05, 4.69) is 10.4 Å². The lowest BCUT2D eigenvalue weighted by atomic mass is 9.89. The molecule has 7 heteroatoms. The molecule has 1 aliphatic heterocycles. The number of hydrogen-bond donors (Lipinski definition) is 2. The van der Waals surface area contributed by atoms with Gasteiger partial charge in [-0.2, -0.15) is 5.10 Å². The van der Waals surface area contributed by atoms with E-state index in [4.69, 9.17) is 4.74 Å². The molecule has 1 aliphatic rings. The largest absolute Gasteiger partial charge is 0.480 e. The summed E-state index contributed by atoms with van der Waals surface area (Å²) in [5.74, 6) is -1.41.